The van der Waals surface area contributed by atoms with Gasteiger partial charge in [0.2, 0.25) is 11.8 Å². The van der Waals surface area contributed by atoms with Crippen molar-refractivity contribution < 1.29 is 29.3 Å². The predicted molar refractivity (Wildman–Crippen MR) is 135 cm³/mol. The van der Waals surface area contributed by atoms with Gasteiger partial charge in [-0.25, -0.2) is 4.79 Å². The first kappa shape index (κ1) is 26.0. The van der Waals surface area contributed by atoms with Crippen LogP contribution in [0.25, 0.3) is 6.08 Å². The Hall–Kier alpha value is -3.03. The minimum Gasteiger partial charge on any atom is -0.504 e. The molecule has 8 heteroatoms. The van der Waals surface area contributed by atoms with E-state index >= 15 is 0 Å². The average Bonchev–Trinajstić information content (AvgIpc) is 3.25. The molecule has 1 aliphatic heterocycles. The average molecular weight is 499 g/mol. The number of carbonyl (C=O) groups excluding carboxylic acids is 3. The third-order valence-corrected chi connectivity index (χ3v) is 9.06. The maximum absolute atomic E-state index is 13.0. The van der Waals surface area contributed by atoms with Gasteiger partial charge in [-0.2, -0.15) is 0 Å². The van der Waals surface area contributed by atoms with E-state index in [4.69, 9.17) is 4.74 Å². The molecule has 1 heterocycles. The van der Waals surface area contributed by atoms with E-state index in [1.807, 2.05) is 0 Å². The second kappa shape index (κ2) is 9.79. The van der Waals surface area contributed by atoms with Crippen molar-refractivity contribution in [2.75, 3.05) is 13.2 Å². The molecule has 1 saturated heterocycles. The molecular formula is C28H38N2O6. The van der Waals surface area contributed by atoms with Crippen LogP contribution in [-0.2, 0) is 19.1 Å². The summed E-state index contributed by atoms with van der Waals surface area (Å²) in [6.07, 6.45) is 7.30. The minimum absolute atomic E-state index is 0.247. The van der Waals surface area contributed by atoms with Crippen molar-refractivity contribution in [3.63, 3.8) is 0 Å². The van der Waals surface area contributed by atoms with Crippen molar-refractivity contribution in [3.8, 4) is 11.5 Å². The van der Waals surface area contributed by atoms with Gasteiger partial charge >= 0.3 is 5.97 Å². The van der Waals surface area contributed by atoms with Crippen molar-refractivity contribution in [3.05, 3.63) is 29.8 Å². The van der Waals surface area contributed by atoms with Gasteiger partial charge in [0, 0.05) is 12.6 Å². The van der Waals surface area contributed by atoms with Crippen molar-refractivity contribution in [2.24, 2.45) is 22.7 Å². The highest BCUT2D eigenvalue weighted by molar-refractivity contribution is 5.96. The first-order chi connectivity index (χ1) is 17.0. The van der Waals surface area contributed by atoms with Crippen LogP contribution in [0.15, 0.2) is 24.3 Å². The molecule has 2 aliphatic carbocycles. The molecule has 36 heavy (non-hydrogen) atoms. The molecule has 1 aromatic rings. The first-order valence-electron chi connectivity index (χ1n) is 12.9. The Kier molecular flexibility index (Phi) is 7.08. The van der Waals surface area contributed by atoms with Crippen molar-refractivity contribution in [1.29, 1.82) is 0 Å². The summed E-state index contributed by atoms with van der Waals surface area (Å²) in [4.78, 5) is 39.7. The Morgan fingerprint density at radius 3 is 2.61 bits per heavy atom. The highest BCUT2D eigenvalue weighted by atomic mass is 16.5. The van der Waals surface area contributed by atoms with E-state index in [-0.39, 0.29) is 23.4 Å². The fourth-order valence-electron chi connectivity index (χ4n) is 6.74. The van der Waals surface area contributed by atoms with Crippen LogP contribution in [0.4, 0.5) is 0 Å². The van der Waals surface area contributed by atoms with Crippen molar-refractivity contribution in [2.45, 2.75) is 71.9 Å². The van der Waals surface area contributed by atoms with E-state index in [1.54, 1.807) is 13.0 Å². The smallest absolute Gasteiger partial charge is 0.328 e. The number of rotatable bonds is 8. The predicted octanol–water partition coefficient (Wildman–Crippen LogP) is 3.61. The topological polar surface area (TPSA) is 116 Å². The zero-order valence-corrected chi connectivity index (χ0v) is 21.6. The second-order valence-electron chi connectivity index (χ2n) is 11.4. The molecule has 3 aliphatic rings. The standard InChI is InChI=1S/C28H38N2O6/c1-17(29-23(33)10-8-18-7-9-21(31)22(32)16-18)25(34)30-14-5-6-20(30)26(35)36-15-12-19-11-13-28(4)24(19)27(28,2)3/h7-10,16-17,19-20,24,31-32H,5-6,11-15H2,1-4H3,(H,29,33)/b10-8+. The summed E-state index contributed by atoms with van der Waals surface area (Å²) in [5, 5.41) is 21.6. The summed E-state index contributed by atoms with van der Waals surface area (Å²) in [5.74, 6) is -0.395. The number of amides is 2. The van der Waals surface area contributed by atoms with Gasteiger partial charge in [-0.15, -0.1) is 0 Å². The van der Waals surface area contributed by atoms with Crippen LogP contribution in [0, 0.1) is 22.7 Å². The number of hydrogen-bond acceptors (Lipinski definition) is 6. The highest BCUT2D eigenvalue weighted by Crippen LogP contribution is 2.78. The number of aromatic hydroxyl groups is 2. The number of likely N-dealkylation sites (tertiary alicyclic amines) is 1. The van der Waals surface area contributed by atoms with Crippen molar-refractivity contribution in [1.82, 2.24) is 10.2 Å². The highest BCUT2D eigenvalue weighted by Gasteiger charge is 2.72. The van der Waals surface area contributed by atoms with E-state index in [9.17, 15) is 24.6 Å². The molecule has 3 fully saturated rings. The number of phenolic OH excluding ortho intramolecular Hbond substituents is 2. The number of hydrogen-bond donors (Lipinski definition) is 3. The molecule has 3 N–H and O–H groups in total. The number of nitrogens with zero attached hydrogens (tertiary/aromatic N) is 1. The van der Waals surface area contributed by atoms with Gasteiger partial charge in [0.05, 0.1) is 6.61 Å². The SMILES string of the molecule is CC(NC(=O)/C=C/c1ccc(O)c(O)c1)C(=O)N1CCCC1C(=O)OCCC1CCC2(C)C1C2(C)C. The van der Waals surface area contributed by atoms with Crippen LogP contribution < -0.4 is 5.32 Å². The first-order valence-corrected chi connectivity index (χ1v) is 12.9. The van der Waals surface area contributed by atoms with E-state index in [2.05, 4.69) is 26.1 Å². The van der Waals surface area contributed by atoms with E-state index in [1.165, 1.54) is 42.0 Å². The van der Waals surface area contributed by atoms with Crippen LogP contribution in [-0.4, -0.2) is 58.1 Å². The quantitative estimate of drug-likeness (QED) is 0.286. The molecule has 0 radical (unpaired) electrons. The third-order valence-electron chi connectivity index (χ3n) is 9.06. The fraction of sp³-hybridized carbons (Fsp3) is 0.607. The van der Waals surface area contributed by atoms with Crippen LogP contribution in [0.3, 0.4) is 0 Å². The summed E-state index contributed by atoms with van der Waals surface area (Å²) < 4.78 is 5.63. The molecule has 0 bridgehead atoms. The summed E-state index contributed by atoms with van der Waals surface area (Å²) in [5.41, 5.74) is 1.32. The Morgan fingerprint density at radius 1 is 1.19 bits per heavy atom. The Morgan fingerprint density at radius 2 is 1.94 bits per heavy atom. The molecule has 8 nitrogen and oxygen atoms in total. The molecule has 5 atom stereocenters. The van der Waals surface area contributed by atoms with Gasteiger partial charge in [0.1, 0.15) is 12.1 Å². The lowest BCUT2D eigenvalue weighted by atomic mass is 9.88. The van der Waals surface area contributed by atoms with Gasteiger partial charge < -0.3 is 25.2 Å². The molecular weight excluding hydrogens is 460 g/mol. The van der Waals surface area contributed by atoms with E-state index < -0.39 is 18.0 Å². The summed E-state index contributed by atoms with van der Waals surface area (Å²) in [7, 11) is 0. The van der Waals surface area contributed by atoms with Crippen LogP contribution in [0.5, 0.6) is 11.5 Å². The third kappa shape index (κ3) is 4.82. The van der Waals surface area contributed by atoms with Gasteiger partial charge in [0.25, 0.3) is 0 Å². The number of benzene rings is 1. The molecule has 4 rings (SSSR count). The Balaban J connectivity index is 1.25. The Bertz CT molecular complexity index is 1070. The molecule has 0 aromatic heterocycles. The van der Waals surface area contributed by atoms with Gasteiger partial charge in [0.15, 0.2) is 11.5 Å². The lowest BCUT2D eigenvalue weighted by Crippen LogP contribution is -2.50. The fourth-order valence-corrected chi connectivity index (χ4v) is 6.74. The lowest BCUT2D eigenvalue weighted by molar-refractivity contribution is -0.154. The lowest BCUT2D eigenvalue weighted by Gasteiger charge is -2.26. The van der Waals surface area contributed by atoms with Crippen molar-refractivity contribution >= 4 is 23.9 Å². The zero-order valence-electron chi connectivity index (χ0n) is 21.6. The van der Waals surface area contributed by atoms with E-state index in [0.29, 0.717) is 54.2 Å². The summed E-state index contributed by atoms with van der Waals surface area (Å²) >= 11 is 0. The zero-order chi connectivity index (χ0) is 26.3. The maximum atomic E-state index is 13.0. The molecule has 196 valence electrons. The number of fused-ring (bicyclic) bond motifs is 1. The minimum atomic E-state index is -0.808. The summed E-state index contributed by atoms with van der Waals surface area (Å²) in [6.45, 7) is 9.49. The number of carbonyl (C=O) groups is 3. The monoisotopic (exact) mass is 498 g/mol. The van der Waals surface area contributed by atoms with Gasteiger partial charge in [-0.1, -0.05) is 26.8 Å². The maximum Gasteiger partial charge on any atom is 0.328 e. The number of ether oxygens (including phenoxy) is 1. The second-order valence-corrected chi connectivity index (χ2v) is 11.4. The van der Waals surface area contributed by atoms with E-state index in [0.717, 1.165) is 6.42 Å². The molecule has 0 spiro atoms. The molecule has 2 amide bonds. The van der Waals surface area contributed by atoms with Gasteiger partial charge in [-0.05, 0) is 85.5 Å². The number of phenols is 2. The number of esters is 1. The normalized spacial score (nSPS) is 29.1. The largest absolute Gasteiger partial charge is 0.504 e. The van der Waals surface area contributed by atoms with Crippen LogP contribution >= 0.6 is 0 Å². The van der Waals surface area contributed by atoms with Gasteiger partial charge in [-0.3, -0.25) is 9.59 Å². The summed E-state index contributed by atoms with van der Waals surface area (Å²) in [6, 6.07) is 2.77. The van der Waals surface area contributed by atoms with Crippen LogP contribution in [0.1, 0.15) is 65.4 Å². The number of nitrogens with one attached hydrogen (secondary N) is 1. The van der Waals surface area contributed by atoms with Crippen LogP contribution in [0.2, 0.25) is 0 Å². The molecule has 5 unspecified atom stereocenters. The Labute approximate surface area is 212 Å². The molecule has 2 saturated carbocycles. The molecule has 1 aromatic carbocycles.